The Balaban J connectivity index is 0.00000144. The number of nitrogens with zero attached hydrogens (tertiary/aromatic N) is 1. The Morgan fingerprint density at radius 2 is 1.71 bits per heavy atom. The second-order valence-corrected chi connectivity index (χ2v) is 4.55. The van der Waals surface area contributed by atoms with E-state index in [2.05, 4.69) is 17.0 Å². The predicted molar refractivity (Wildman–Crippen MR) is 73.7 cm³/mol. The average Bonchev–Trinajstić information content (AvgIpc) is 2.81. The lowest BCUT2D eigenvalue weighted by molar-refractivity contribution is 0.164. The molecule has 2 atom stereocenters. The summed E-state index contributed by atoms with van der Waals surface area (Å²) in [6, 6.07) is 7.95. The summed E-state index contributed by atoms with van der Waals surface area (Å²) in [6.07, 6.45) is 2.07. The first-order chi connectivity index (χ1) is 7.68. The highest BCUT2D eigenvalue weighted by atomic mass is 35.5. The van der Waals surface area contributed by atoms with Gasteiger partial charge in [0, 0.05) is 18.8 Å². The number of hydrogen-bond acceptors (Lipinski definition) is 3. The van der Waals surface area contributed by atoms with E-state index in [0.29, 0.717) is 0 Å². The van der Waals surface area contributed by atoms with Crippen LogP contribution in [-0.4, -0.2) is 24.3 Å². The molecule has 0 radical (unpaired) electrons. The van der Waals surface area contributed by atoms with Gasteiger partial charge in [-0.2, -0.15) is 0 Å². The SMILES string of the molecule is C[C@@H](O)[C@@H](N)c1ccc(N2CCCC2)cc1.Cl. The molecule has 0 saturated carbocycles. The molecule has 0 aliphatic carbocycles. The maximum atomic E-state index is 9.42. The van der Waals surface area contributed by atoms with Crippen molar-refractivity contribution in [2.45, 2.75) is 31.9 Å². The zero-order chi connectivity index (χ0) is 11.5. The van der Waals surface area contributed by atoms with Gasteiger partial charge in [0.1, 0.15) is 0 Å². The summed E-state index contributed by atoms with van der Waals surface area (Å²) in [5.41, 5.74) is 8.14. The topological polar surface area (TPSA) is 49.5 Å². The third-order valence-electron chi connectivity index (χ3n) is 3.27. The lowest BCUT2D eigenvalue weighted by atomic mass is 10.0. The van der Waals surface area contributed by atoms with Crippen LogP contribution < -0.4 is 10.6 Å². The number of hydrogen-bond donors (Lipinski definition) is 2. The third-order valence-corrected chi connectivity index (χ3v) is 3.27. The standard InChI is InChI=1S/C13H20N2O.ClH/c1-10(16)13(14)11-4-6-12(7-5-11)15-8-2-3-9-15;/h4-7,10,13,16H,2-3,8-9,14H2,1H3;1H/t10-,13-;/m1./s1. The van der Waals surface area contributed by atoms with Gasteiger partial charge in [-0.1, -0.05) is 12.1 Å². The van der Waals surface area contributed by atoms with E-state index in [1.807, 2.05) is 12.1 Å². The van der Waals surface area contributed by atoms with Gasteiger partial charge in [-0.25, -0.2) is 0 Å². The van der Waals surface area contributed by atoms with Crippen molar-refractivity contribution in [2.24, 2.45) is 5.73 Å². The molecule has 0 spiro atoms. The summed E-state index contributed by atoms with van der Waals surface area (Å²) < 4.78 is 0. The predicted octanol–water partition coefficient (Wildman–Crippen LogP) is 2.09. The zero-order valence-electron chi connectivity index (χ0n) is 10.2. The highest BCUT2D eigenvalue weighted by Crippen LogP contribution is 2.22. The minimum absolute atomic E-state index is 0. The van der Waals surface area contributed by atoms with Crippen molar-refractivity contribution in [2.75, 3.05) is 18.0 Å². The van der Waals surface area contributed by atoms with Crippen LogP contribution >= 0.6 is 12.4 Å². The number of aliphatic hydroxyl groups is 1. The van der Waals surface area contributed by atoms with Gasteiger partial charge in [0.05, 0.1) is 12.1 Å². The van der Waals surface area contributed by atoms with Crippen molar-refractivity contribution < 1.29 is 5.11 Å². The molecule has 0 amide bonds. The normalized spacial score (nSPS) is 18.6. The molecule has 1 aliphatic heterocycles. The second-order valence-electron chi connectivity index (χ2n) is 4.55. The minimum atomic E-state index is -0.502. The van der Waals surface area contributed by atoms with Crippen molar-refractivity contribution in [1.29, 1.82) is 0 Å². The zero-order valence-corrected chi connectivity index (χ0v) is 11.0. The van der Waals surface area contributed by atoms with Crippen LogP contribution in [0.2, 0.25) is 0 Å². The van der Waals surface area contributed by atoms with Crippen LogP contribution in [0.1, 0.15) is 31.4 Å². The van der Waals surface area contributed by atoms with Gasteiger partial charge in [0.15, 0.2) is 0 Å². The van der Waals surface area contributed by atoms with Gasteiger partial charge in [0.2, 0.25) is 0 Å². The fraction of sp³-hybridized carbons (Fsp3) is 0.538. The highest BCUT2D eigenvalue weighted by Gasteiger charge is 2.14. The molecule has 3 N–H and O–H groups in total. The van der Waals surface area contributed by atoms with Crippen LogP contribution in [0.15, 0.2) is 24.3 Å². The first-order valence-electron chi connectivity index (χ1n) is 5.97. The average molecular weight is 257 g/mol. The number of anilines is 1. The molecule has 1 fully saturated rings. The van der Waals surface area contributed by atoms with E-state index in [0.717, 1.165) is 18.7 Å². The number of nitrogens with two attached hydrogens (primary N) is 1. The van der Waals surface area contributed by atoms with Gasteiger partial charge in [0.25, 0.3) is 0 Å². The molecule has 0 aromatic heterocycles. The molecule has 96 valence electrons. The molecule has 2 rings (SSSR count). The summed E-state index contributed by atoms with van der Waals surface area (Å²) in [5.74, 6) is 0. The van der Waals surface area contributed by atoms with Gasteiger partial charge < -0.3 is 15.7 Å². The Morgan fingerprint density at radius 1 is 1.18 bits per heavy atom. The number of halogens is 1. The Kier molecular flexibility index (Phi) is 5.25. The molecule has 1 aromatic rings. The van der Waals surface area contributed by atoms with E-state index < -0.39 is 6.10 Å². The van der Waals surface area contributed by atoms with Gasteiger partial charge in [-0.15, -0.1) is 12.4 Å². The summed E-state index contributed by atoms with van der Waals surface area (Å²) in [7, 11) is 0. The summed E-state index contributed by atoms with van der Waals surface area (Å²) in [5, 5.41) is 9.42. The van der Waals surface area contributed by atoms with Gasteiger partial charge in [-0.05, 0) is 37.5 Å². The number of benzene rings is 1. The molecule has 1 saturated heterocycles. The lowest BCUT2D eigenvalue weighted by Crippen LogP contribution is -2.23. The molecule has 0 unspecified atom stereocenters. The molecular formula is C13H21ClN2O. The quantitative estimate of drug-likeness (QED) is 0.871. The van der Waals surface area contributed by atoms with E-state index in [-0.39, 0.29) is 18.4 Å². The Morgan fingerprint density at radius 3 is 2.18 bits per heavy atom. The maximum absolute atomic E-state index is 9.42. The molecule has 0 bridgehead atoms. The van der Waals surface area contributed by atoms with Crippen LogP contribution in [0.25, 0.3) is 0 Å². The lowest BCUT2D eigenvalue weighted by Gasteiger charge is -2.20. The van der Waals surface area contributed by atoms with Crippen LogP contribution in [0.5, 0.6) is 0 Å². The highest BCUT2D eigenvalue weighted by molar-refractivity contribution is 5.85. The van der Waals surface area contributed by atoms with Gasteiger partial charge in [-0.3, -0.25) is 0 Å². The minimum Gasteiger partial charge on any atom is -0.391 e. The van der Waals surface area contributed by atoms with E-state index in [1.165, 1.54) is 18.5 Å². The van der Waals surface area contributed by atoms with Crippen molar-refractivity contribution in [3.63, 3.8) is 0 Å². The van der Waals surface area contributed by atoms with Crippen LogP contribution in [-0.2, 0) is 0 Å². The smallest absolute Gasteiger partial charge is 0.0704 e. The Labute approximate surface area is 109 Å². The first kappa shape index (κ1) is 14.3. The number of rotatable bonds is 3. The van der Waals surface area contributed by atoms with E-state index in [9.17, 15) is 5.11 Å². The van der Waals surface area contributed by atoms with Crippen molar-refractivity contribution in [1.82, 2.24) is 0 Å². The Hall–Kier alpha value is -0.770. The largest absolute Gasteiger partial charge is 0.391 e. The number of aliphatic hydroxyl groups excluding tert-OH is 1. The van der Waals surface area contributed by atoms with Crippen molar-refractivity contribution >= 4 is 18.1 Å². The van der Waals surface area contributed by atoms with Gasteiger partial charge >= 0.3 is 0 Å². The van der Waals surface area contributed by atoms with Crippen LogP contribution in [0.3, 0.4) is 0 Å². The monoisotopic (exact) mass is 256 g/mol. The van der Waals surface area contributed by atoms with Crippen molar-refractivity contribution in [3.8, 4) is 0 Å². The summed E-state index contributed by atoms with van der Waals surface area (Å²) in [6.45, 7) is 4.03. The van der Waals surface area contributed by atoms with E-state index >= 15 is 0 Å². The fourth-order valence-electron chi connectivity index (χ4n) is 2.16. The van der Waals surface area contributed by atoms with Crippen LogP contribution in [0, 0.1) is 0 Å². The Bertz CT molecular complexity index is 313. The first-order valence-corrected chi connectivity index (χ1v) is 5.97. The molecule has 1 heterocycles. The molecule has 4 heteroatoms. The third kappa shape index (κ3) is 3.35. The molecule has 1 aromatic carbocycles. The van der Waals surface area contributed by atoms with E-state index in [1.54, 1.807) is 6.92 Å². The molecule has 1 aliphatic rings. The maximum Gasteiger partial charge on any atom is 0.0704 e. The van der Waals surface area contributed by atoms with Crippen molar-refractivity contribution in [3.05, 3.63) is 29.8 Å². The molecule has 3 nitrogen and oxygen atoms in total. The summed E-state index contributed by atoms with van der Waals surface area (Å²) in [4.78, 5) is 2.39. The second kappa shape index (κ2) is 6.24. The van der Waals surface area contributed by atoms with E-state index in [4.69, 9.17) is 5.73 Å². The fourth-order valence-corrected chi connectivity index (χ4v) is 2.16. The van der Waals surface area contributed by atoms with Crippen LogP contribution in [0.4, 0.5) is 5.69 Å². The molecular weight excluding hydrogens is 236 g/mol. The summed E-state index contributed by atoms with van der Waals surface area (Å²) >= 11 is 0. The molecule has 17 heavy (non-hydrogen) atoms.